The molecule has 1 aromatic heterocycles. The molecule has 0 amide bonds. The third kappa shape index (κ3) is 3.32. The Labute approximate surface area is 128 Å². The minimum absolute atomic E-state index is 0.648. The standard InChI is InChI=1S/C12H10BrCl2NOS/c1-17-12-9(13)4-7(14)5-10(12)16-6-8-2-3-11(15)18-8/h2-5,16H,6H2,1H3. The van der Waals surface area contributed by atoms with Crippen molar-refractivity contribution < 1.29 is 4.74 Å². The number of nitrogens with one attached hydrogen (secondary N) is 1. The summed E-state index contributed by atoms with van der Waals surface area (Å²) in [6.07, 6.45) is 0. The maximum Gasteiger partial charge on any atom is 0.156 e. The fourth-order valence-electron chi connectivity index (χ4n) is 1.53. The zero-order valence-corrected chi connectivity index (χ0v) is 13.4. The smallest absolute Gasteiger partial charge is 0.156 e. The van der Waals surface area contributed by atoms with Gasteiger partial charge in [-0.1, -0.05) is 23.2 Å². The first-order valence-corrected chi connectivity index (χ1v) is 7.48. The lowest BCUT2D eigenvalue weighted by Crippen LogP contribution is -2.00. The van der Waals surface area contributed by atoms with E-state index in [1.165, 1.54) is 0 Å². The van der Waals surface area contributed by atoms with Crippen molar-refractivity contribution in [2.45, 2.75) is 6.54 Å². The van der Waals surface area contributed by atoms with Crippen molar-refractivity contribution in [1.29, 1.82) is 0 Å². The van der Waals surface area contributed by atoms with Gasteiger partial charge < -0.3 is 10.1 Å². The molecule has 0 spiro atoms. The van der Waals surface area contributed by atoms with E-state index in [9.17, 15) is 0 Å². The fraction of sp³-hybridized carbons (Fsp3) is 0.167. The van der Waals surface area contributed by atoms with Gasteiger partial charge in [-0.3, -0.25) is 0 Å². The summed E-state index contributed by atoms with van der Waals surface area (Å²) in [5, 5.41) is 3.94. The molecule has 1 heterocycles. The normalized spacial score (nSPS) is 10.4. The number of hydrogen-bond donors (Lipinski definition) is 1. The Kier molecular flexibility index (Phi) is 4.78. The zero-order chi connectivity index (χ0) is 13.1. The van der Waals surface area contributed by atoms with E-state index in [2.05, 4.69) is 21.2 Å². The third-order valence-corrected chi connectivity index (χ3v) is 4.33. The number of hydrogen-bond acceptors (Lipinski definition) is 3. The molecule has 0 aliphatic rings. The molecule has 6 heteroatoms. The summed E-state index contributed by atoms with van der Waals surface area (Å²) in [6.45, 7) is 0.681. The SMILES string of the molecule is COc1c(Br)cc(Cl)cc1NCc1ccc(Cl)s1. The Morgan fingerprint density at radius 1 is 1.33 bits per heavy atom. The van der Waals surface area contributed by atoms with Crippen LogP contribution in [0.3, 0.4) is 0 Å². The van der Waals surface area contributed by atoms with Crippen LogP contribution in [0.15, 0.2) is 28.7 Å². The molecule has 0 atom stereocenters. The Bertz CT molecular complexity index is 559. The van der Waals surface area contributed by atoms with Crippen molar-refractivity contribution in [2.75, 3.05) is 12.4 Å². The molecule has 0 bridgehead atoms. The molecule has 96 valence electrons. The second-order valence-corrected chi connectivity index (χ2v) is 6.62. The molecule has 2 aromatic rings. The lowest BCUT2D eigenvalue weighted by molar-refractivity contribution is 0.414. The molecule has 0 saturated heterocycles. The molecular formula is C12H10BrCl2NOS. The molecule has 2 rings (SSSR count). The topological polar surface area (TPSA) is 21.3 Å². The number of methoxy groups -OCH3 is 1. The van der Waals surface area contributed by atoms with Gasteiger partial charge in [0.2, 0.25) is 0 Å². The van der Waals surface area contributed by atoms with Gasteiger partial charge in [0, 0.05) is 16.4 Å². The van der Waals surface area contributed by atoms with Gasteiger partial charge in [-0.2, -0.15) is 0 Å². The Morgan fingerprint density at radius 2 is 2.11 bits per heavy atom. The van der Waals surface area contributed by atoms with E-state index in [0.29, 0.717) is 11.6 Å². The van der Waals surface area contributed by atoms with Gasteiger partial charge in [-0.15, -0.1) is 11.3 Å². The number of thiophene rings is 1. The second-order valence-electron chi connectivity index (χ2n) is 3.53. The largest absolute Gasteiger partial charge is 0.493 e. The van der Waals surface area contributed by atoms with E-state index in [1.807, 2.05) is 18.2 Å². The van der Waals surface area contributed by atoms with Crippen LogP contribution in [0.25, 0.3) is 0 Å². The van der Waals surface area contributed by atoms with E-state index >= 15 is 0 Å². The van der Waals surface area contributed by atoms with E-state index in [0.717, 1.165) is 25.1 Å². The van der Waals surface area contributed by atoms with E-state index in [1.54, 1.807) is 24.5 Å². The molecule has 0 fully saturated rings. The van der Waals surface area contributed by atoms with Crippen LogP contribution in [-0.4, -0.2) is 7.11 Å². The maximum absolute atomic E-state index is 6.02. The highest BCUT2D eigenvalue weighted by Gasteiger charge is 2.09. The number of ether oxygens (including phenoxy) is 1. The predicted molar refractivity (Wildman–Crippen MR) is 82.4 cm³/mol. The average Bonchev–Trinajstić information content (AvgIpc) is 2.72. The highest BCUT2D eigenvalue weighted by atomic mass is 79.9. The number of benzene rings is 1. The molecule has 1 N–H and O–H groups in total. The number of anilines is 1. The summed E-state index contributed by atoms with van der Waals surface area (Å²) in [5.41, 5.74) is 0.849. The minimum Gasteiger partial charge on any atom is -0.493 e. The van der Waals surface area contributed by atoms with E-state index in [-0.39, 0.29) is 0 Å². The molecule has 0 unspecified atom stereocenters. The van der Waals surface area contributed by atoms with Gasteiger partial charge in [0.25, 0.3) is 0 Å². The van der Waals surface area contributed by atoms with E-state index in [4.69, 9.17) is 27.9 Å². The zero-order valence-electron chi connectivity index (χ0n) is 9.47. The summed E-state index contributed by atoms with van der Waals surface area (Å²) in [6, 6.07) is 7.51. The van der Waals surface area contributed by atoms with Crippen LogP contribution in [0.4, 0.5) is 5.69 Å². The van der Waals surface area contributed by atoms with Gasteiger partial charge in [0.15, 0.2) is 5.75 Å². The molecule has 1 aromatic carbocycles. The van der Waals surface area contributed by atoms with Crippen molar-refractivity contribution in [3.8, 4) is 5.75 Å². The Hall–Kier alpha value is -0.420. The molecule has 0 aliphatic heterocycles. The minimum atomic E-state index is 0.648. The molecule has 2 nitrogen and oxygen atoms in total. The van der Waals surface area contributed by atoms with Gasteiger partial charge in [-0.25, -0.2) is 0 Å². The first kappa shape index (κ1) is 14.0. The van der Waals surface area contributed by atoms with Gasteiger partial charge in [0.1, 0.15) is 0 Å². The summed E-state index contributed by atoms with van der Waals surface area (Å²) < 4.78 is 6.94. The molecule has 0 aliphatic carbocycles. The van der Waals surface area contributed by atoms with Gasteiger partial charge in [0.05, 0.1) is 21.6 Å². The average molecular weight is 367 g/mol. The number of halogens is 3. The quantitative estimate of drug-likeness (QED) is 0.777. The van der Waals surface area contributed by atoms with Crippen molar-refractivity contribution in [3.05, 3.63) is 43.0 Å². The fourth-order valence-corrected chi connectivity index (χ4v) is 3.53. The van der Waals surface area contributed by atoms with Crippen molar-refractivity contribution in [3.63, 3.8) is 0 Å². The maximum atomic E-state index is 6.02. The monoisotopic (exact) mass is 365 g/mol. The summed E-state index contributed by atoms with van der Waals surface area (Å²) in [5.74, 6) is 0.738. The molecule has 0 saturated carbocycles. The molecule has 18 heavy (non-hydrogen) atoms. The predicted octanol–water partition coefficient (Wildman–Crippen LogP) is 5.44. The summed E-state index contributed by atoms with van der Waals surface area (Å²) >= 11 is 16.9. The van der Waals surface area contributed by atoms with Crippen LogP contribution in [0.1, 0.15) is 4.88 Å². The van der Waals surface area contributed by atoms with Crippen LogP contribution in [-0.2, 0) is 6.54 Å². The lowest BCUT2D eigenvalue weighted by Gasteiger charge is -2.12. The van der Waals surface area contributed by atoms with Crippen LogP contribution >= 0.6 is 50.5 Å². The van der Waals surface area contributed by atoms with Crippen LogP contribution in [0.5, 0.6) is 5.75 Å². The van der Waals surface area contributed by atoms with Crippen LogP contribution in [0, 0.1) is 0 Å². The van der Waals surface area contributed by atoms with Crippen LogP contribution < -0.4 is 10.1 Å². The Morgan fingerprint density at radius 3 is 2.72 bits per heavy atom. The summed E-state index contributed by atoms with van der Waals surface area (Å²) in [7, 11) is 1.63. The van der Waals surface area contributed by atoms with Crippen molar-refractivity contribution >= 4 is 56.2 Å². The number of rotatable bonds is 4. The lowest BCUT2D eigenvalue weighted by atomic mass is 10.3. The van der Waals surface area contributed by atoms with Gasteiger partial charge >= 0.3 is 0 Å². The van der Waals surface area contributed by atoms with E-state index < -0.39 is 0 Å². The van der Waals surface area contributed by atoms with Crippen molar-refractivity contribution in [1.82, 2.24) is 0 Å². The first-order valence-electron chi connectivity index (χ1n) is 5.11. The molecular weight excluding hydrogens is 357 g/mol. The highest BCUT2D eigenvalue weighted by molar-refractivity contribution is 9.10. The van der Waals surface area contributed by atoms with Crippen molar-refractivity contribution in [2.24, 2.45) is 0 Å². The van der Waals surface area contributed by atoms with Gasteiger partial charge in [-0.05, 0) is 40.2 Å². The Balaban J connectivity index is 2.18. The second kappa shape index (κ2) is 6.15. The van der Waals surface area contributed by atoms with Crippen LogP contribution in [0.2, 0.25) is 9.36 Å². The summed E-state index contributed by atoms with van der Waals surface area (Å²) in [4.78, 5) is 1.15. The molecule has 0 radical (unpaired) electrons. The third-order valence-electron chi connectivity index (χ3n) is 2.29. The first-order chi connectivity index (χ1) is 8.60. The highest BCUT2D eigenvalue weighted by Crippen LogP contribution is 2.36.